The summed E-state index contributed by atoms with van der Waals surface area (Å²) in [4.78, 5) is 20.8. The van der Waals surface area contributed by atoms with E-state index in [1.165, 1.54) is 12.1 Å². The van der Waals surface area contributed by atoms with E-state index in [2.05, 4.69) is 17.2 Å². The highest BCUT2D eigenvalue weighted by molar-refractivity contribution is 5.72. The van der Waals surface area contributed by atoms with E-state index in [9.17, 15) is 14.9 Å². The molecule has 0 aromatic heterocycles. The van der Waals surface area contributed by atoms with Gasteiger partial charge in [0.15, 0.2) is 0 Å². The van der Waals surface area contributed by atoms with Gasteiger partial charge in [-0.25, -0.2) is 0 Å². The first-order valence-corrected chi connectivity index (χ1v) is 5.17. The summed E-state index contributed by atoms with van der Waals surface area (Å²) in [5, 5.41) is 22.3. The van der Waals surface area contributed by atoms with Crippen LogP contribution in [0.4, 0.5) is 5.69 Å². The molecule has 18 heavy (non-hydrogen) atoms. The Bertz CT molecular complexity index is 529. The van der Waals surface area contributed by atoms with Gasteiger partial charge in [-0.05, 0) is 13.1 Å². The number of hydrogen-bond acceptors (Lipinski definition) is 4. The standard InChI is InChI=1S/C12H12N2O4/c1-13-6-2-3-9-4-5-10(8-12(15)16)11(7-9)14(17)18/h4-5,7,13H,6,8H2,1H3,(H,15,16). The van der Waals surface area contributed by atoms with Crippen LogP contribution in [0.3, 0.4) is 0 Å². The quantitative estimate of drug-likeness (QED) is 0.467. The molecule has 0 unspecified atom stereocenters. The molecule has 1 aromatic carbocycles. The van der Waals surface area contributed by atoms with Crippen molar-refractivity contribution >= 4 is 11.7 Å². The van der Waals surface area contributed by atoms with E-state index >= 15 is 0 Å². The van der Waals surface area contributed by atoms with E-state index in [1.54, 1.807) is 13.1 Å². The summed E-state index contributed by atoms with van der Waals surface area (Å²) in [5.74, 6) is 4.43. The maximum atomic E-state index is 10.8. The summed E-state index contributed by atoms with van der Waals surface area (Å²) in [6, 6.07) is 4.30. The lowest BCUT2D eigenvalue weighted by Gasteiger charge is -2.00. The molecule has 0 atom stereocenters. The van der Waals surface area contributed by atoms with Crippen LogP contribution in [0, 0.1) is 22.0 Å². The van der Waals surface area contributed by atoms with Gasteiger partial charge in [0.1, 0.15) is 0 Å². The maximum absolute atomic E-state index is 10.8. The number of rotatable bonds is 4. The fraction of sp³-hybridized carbons (Fsp3) is 0.250. The van der Waals surface area contributed by atoms with E-state index in [0.717, 1.165) is 0 Å². The minimum atomic E-state index is -1.10. The molecule has 0 bridgehead atoms. The van der Waals surface area contributed by atoms with E-state index in [0.29, 0.717) is 12.1 Å². The largest absolute Gasteiger partial charge is 0.481 e. The van der Waals surface area contributed by atoms with Gasteiger partial charge in [0.05, 0.1) is 17.9 Å². The predicted octanol–water partition coefficient (Wildman–Crippen LogP) is 0.793. The topological polar surface area (TPSA) is 92.5 Å². The van der Waals surface area contributed by atoms with Crippen LogP contribution in [0.25, 0.3) is 0 Å². The van der Waals surface area contributed by atoms with Gasteiger partial charge in [0, 0.05) is 17.2 Å². The van der Waals surface area contributed by atoms with Crippen LogP contribution in [-0.2, 0) is 11.2 Å². The molecule has 0 radical (unpaired) electrons. The molecule has 0 aliphatic carbocycles. The summed E-state index contributed by atoms with van der Waals surface area (Å²) in [5.41, 5.74) is 0.450. The lowest BCUT2D eigenvalue weighted by Crippen LogP contribution is -2.05. The van der Waals surface area contributed by atoms with E-state index < -0.39 is 10.9 Å². The molecule has 0 heterocycles. The zero-order valence-corrected chi connectivity index (χ0v) is 9.77. The first kappa shape index (κ1) is 13.7. The van der Waals surface area contributed by atoms with Crippen molar-refractivity contribution in [2.45, 2.75) is 6.42 Å². The van der Waals surface area contributed by atoms with Gasteiger partial charge >= 0.3 is 5.97 Å². The van der Waals surface area contributed by atoms with Gasteiger partial charge in [-0.2, -0.15) is 0 Å². The van der Waals surface area contributed by atoms with Crippen molar-refractivity contribution in [2.24, 2.45) is 0 Å². The number of carbonyl (C=O) groups is 1. The van der Waals surface area contributed by atoms with Crippen molar-refractivity contribution in [1.29, 1.82) is 0 Å². The lowest BCUT2D eigenvalue weighted by molar-refractivity contribution is -0.385. The van der Waals surface area contributed by atoms with Crippen LogP contribution in [0.2, 0.25) is 0 Å². The SMILES string of the molecule is CNCC#Cc1ccc(CC(=O)O)c([N+](=O)[O-])c1. The van der Waals surface area contributed by atoms with Gasteiger partial charge < -0.3 is 10.4 Å². The van der Waals surface area contributed by atoms with Gasteiger partial charge in [0.2, 0.25) is 0 Å². The molecule has 94 valence electrons. The molecule has 1 aromatic rings. The molecule has 0 saturated carbocycles. The van der Waals surface area contributed by atoms with Crippen molar-refractivity contribution < 1.29 is 14.8 Å². The number of benzene rings is 1. The van der Waals surface area contributed by atoms with Crippen LogP contribution in [0.15, 0.2) is 18.2 Å². The van der Waals surface area contributed by atoms with Gasteiger partial charge in [-0.3, -0.25) is 14.9 Å². The van der Waals surface area contributed by atoms with Crippen molar-refractivity contribution in [3.8, 4) is 11.8 Å². The summed E-state index contributed by atoms with van der Waals surface area (Å²) >= 11 is 0. The van der Waals surface area contributed by atoms with Crippen LogP contribution in [-0.4, -0.2) is 29.6 Å². The Morgan fingerprint density at radius 3 is 2.83 bits per heavy atom. The highest BCUT2D eigenvalue weighted by Crippen LogP contribution is 2.20. The van der Waals surface area contributed by atoms with Crippen molar-refractivity contribution in [3.63, 3.8) is 0 Å². The lowest BCUT2D eigenvalue weighted by atomic mass is 10.1. The van der Waals surface area contributed by atoms with Crippen LogP contribution >= 0.6 is 0 Å². The molecule has 0 aliphatic rings. The van der Waals surface area contributed by atoms with Crippen molar-refractivity contribution in [3.05, 3.63) is 39.4 Å². The zero-order chi connectivity index (χ0) is 13.5. The second kappa shape index (κ2) is 6.37. The molecule has 1 rings (SSSR count). The Hall–Kier alpha value is -2.39. The number of nitro benzene ring substituents is 1. The number of nitro groups is 1. The first-order chi connectivity index (χ1) is 8.54. The minimum absolute atomic E-state index is 0.173. The number of carboxylic acids is 1. The average molecular weight is 248 g/mol. The van der Waals surface area contributed by atoms with Crippen LogP contribution < -0.4 is 5.32 Å². The van der Waals surface area contributed by atoms with Crippen LogP contribution in [0.5, 0.6) is 0 Å². The number of nitrogens with one attached hydrogen (secondary N) is 1. The number of aliphatic carboxylic acids is 1. The second-order valence-electron chi connectivity index (χ2n) is 3.50. The Morgan fingerprint density at radius 2 is 2.28 bits per heavy atom. The summed E-state index contributed by atoms with van der Waals surface area (Å²) in [6.45, 7) is 0.477. The second-order valence-corrected chi connectivity index (χ2v) is 3.50. The van der Waals surface area contributed by atoms with E-state index in [1.807, 2.05) is 0 Å². The smallest absolute Gasteiger partial charge is 0.308 e. The van der Waals surface area contributed by atoms with E-state index in [-0.39, 0.29) is 17.7 Å². The Balaban J connectivity index is 3.08. The van der Waals surface area contributed by atoms with Gasteiger partial charge in [0.25, 0.3) is 5.69 Å². The molecule has 0 spiro atoms. The molecule has 6 nitrogen and oxygen atoms in total. The molecule has 2 N–H and O–H groups in total. The number of carboxylic acid groups (broad SMARTS) is 1. The molecular formula is C12H12N2O4. The molecular weight excluding hydrogens is 236 g/mol. The highest BCUT2D eigenvalue weighted by Gasteiger charge is 2.16. The molecule has 6 heteroatoms. The summed E-state index contributed by atoms with van der Waals surface area (Å²) in [7, 11) is 1.74. The third-order valence-corrected chi connectivity index (χ3v) is 2.12. The third-order valence-electron chi connectivity index (χ3n) is 2.12. The Kier molecular flexibility index (Phi) is 4.84. The number of hydrogen-bond donors (Lipinski definition) is 2. The highest BCUT2D eigenvalue weighted by atomic mass is 16.6. The average Bonchev–Trinajstić information content (AvgIpc) is 2.30. The number of nitrogens with zero attached hydrogens (tertiary/aromatic N) is 1. The van der Waals surface area contributed by atoms with Gasteiger partial charge in [-0.1, -0.05) is 17.9 Å². The monoisotopic (exact) mass is 248 g/mol. The normalized spacial score (nSPS) is 9.39. The third kappa shape index (κ3) is 3.88. The first-order valence-electron chi connectivity index (χ1n) is 5.17. The Morgan fingerprint density at radius 1 is 1.56 bits per heavy atom. The van der Waals surface area contributed by atoms with Gasteiger partial charge in [-0.15, -0.1) is 0 Å². The Labute approximate surface area is 104 Å². The predicted molar refractivity (Wildman–Crippen MR) is 65.2 cm³/mol. The maximum Gasteiger partial charge on any atom is 0.308 e. The fourth-order valence-electron chi connectivity index (χ4n) is 1.36. The molecule has 0 saturated heterocycles. The van der Waals surface area contributed by atoms with Crippen molar-refractivity contribution in [1.82, 2.24) is 5.32 Å². The summed E-state index contributed by atoms with van der Waals surface area (Å²) in [6.07, 6.45) is -0.374. The molecule has 0 aliphatic heterocycles. The zero-order valence-electron chi connectivity index (χ0n) is 9.77. The van der Waals surface area contributed by atoms with Crippen LogP contribution in [0.1, 0.15) is 11.1 Å². The fourth-order valence-corrected chi connectivity index (χ4v) is 1.36. The molecule has 0 amide bonds. The van der Waals surface area contributed by atoms with Crippen molar-refractivity contribution in [2.75, 3.05) is 13.6 Å². The summed E-state index contributed by atoms with van der Waals surface area (Å²) < 4.78 is 0. The minimum Gasteiger partial charge on any atom is -0.481 e. The molecule has 0 fully saturated rings. The van der Waals surface area contributed by atoms with E-state index in [4.69, 9.17) is 5.11 Å².